The number of phenols is 1. The molecule has 0 fully saturated rings. The Morgan fingerprint density at radius 2 is 1.79 bits per heavy atom. The molecule has 34 heavy (non-hydrogen) atoms. The van der Waals surface area contributed by atoms with Crippen LogP contribution in [-0.4, -0.2) is 34.6 Å². The van der Waals surface area contributed by atoms with Gasteiger partial charge >= 0.3 is 12.4 Å². The van der Waals surface area contributed by atoms with Gasteiger partial charge in [-0.3, -0.25) is 4.68 Å². The minimum absolute atomic E-state index is 0.0170. The highest BCUT2D eigenvalue weighted by atomic mass is 19.4. The number of hydrogen-bond acceptors (Lipinski definition) is 5. The third-order valence-corrected chi connectivity index (χ3v) is 5.83. The van der Waals surface area contributed by atoms with Crippen molar-refractivity contribution in [3.05, 3.63) is 53.2 Å². The molecule has 5 rings (SSSR count). The Morgan fingerprint density at radius 1 is 1.03 bits per heavy atom. The van der Waals surface area contributed by atoms with Crippen molar-refractivity contribution in [2.75, 3.05) is 0 Å². The Kier molecular flexibility index (Phi) is 4.85. The first kappa shape index (κ1) is 22.2. The van der Waals surface area contributed by atoms with Gasteiger partial charge in [0.1, 0.15) is 11.6 Å². The quantitative estimate of drug-likeness (QED) is 0.410. The lowest BCUT2D eigenvalue weighted by Gasteiger charge is -2.24. The van der Waals surface area contributed by atoms with Gasteiger partial charge in [-0.1, -0.05) is 0 Å². The van der Waals surface area contributed by atoms with Gasteiger partial charge in [0.15, 0.2) is 5.65 Å². The minimum atomic E-state index is -4.63. The lowest BCUT2D eigenvalue weighted by molar-refractivity contribution is -0.148. The molecule has 13 heteroatoms. The Bertz CT molecular complexity index is 1380. The molecule has 0 radical (unpaired) electrons. The average molecular weight is 482 g/mol. The van der Waals surface area contributed by atoms with Gasteiger partial charge in [-0.05, 0) is 43.2 Å². The van der Waals surface area contributed by atoms with Gasteiger partial charge in [-0.25, -0.2) is 4.98 Å². The zero-order valence-corrected chi connectivity index (χ0v) is 17.5. The molecule has 0 bridgehead atoms. The summed E-state index contributed by atoms with van der Waals surface area (Å²) in [6.45, 7) is 1.42. The average Bonchev–Trinajstić information content (AvgIpc) is 3.35. The monoisotopic (exact) mass is 482 g/mol. The molecule has 7 nitrogen and oxygen atoms in total. The molecule has 1 unspecified atom stereocenters. The van der Waals surface area contributed by atoms with Crippen LogP contribution in [0.1, 0.15) is 35.2 Å². The molecule has 1 aliphatic rings. The fourth-order valence-electron chi connectivity index (χ4n) is 4.25. The van der Waals surface area contributed by atoms with Crippen LogP contribution >= 0.6 is 0 Å². The van der Waals surface area contributed by atoms with Gasteiger partial charge in [0, 0.05) is 30.1 Å². The normalized spacial score (nSPS) is 16.7. The molecule has 0 saturated carbocycles. The SMILES string of the molecule is Cc1cc(C(F)(F)F)cc(O)c1-c1ccc2cn(C3CCc4nnc(C(F)(F)F)n4C3)nc2n1. The van der Waals surface area contributed by atoms with Crippen LogP contribution in [0.2, 0.25) is 0 Å². The zero-order valence-electron chi connectivity index (χ0n) is 17.5. The van der Waals surface area contributed by atoms with E-state index in [0.29, 0.717) is 24.3 Å². The molecule has 4 heterocycles. The van der Waals surface area contributed by atoms with Gasteiger partial charge in [0.25, 0.3) is 0 Å². The van der Waals surface area contributed by atoms with Gasteiger partial charge in [0.05, 0.1) is 17.3 Å². The highest BCUT2D eigenvalue weighted by Gasteiger charge is 2.40. The third-order valence-electron chi connectivity index (χ3n) is 5.83. The van der Waals surface area contributed by atoms with E-state index in [1.54, 1.807) is 18.3 Å². The van der Waals surface area contributed by atoms with E-state index in [0.717, 1.165) is 10.6 Å². The summed E-state index contributed by atoms with van der Waals surface area (Å²) in [6.07, 6.45) is -6.79. The van der Waals surface area contributed by atoms with Crippen molar-refractivity contribution in [2.45, 2.75) is 44.7 Å². The number of benzene rings is 1. The van der Waals surface area contributed by atoms with Crippen molar-refractivity contribution in [3.63, 3.8) is 0 Å². The summed E-state index contributed by atoms with van der Waals surface area (Å²) < 4.78 is 81.3. The van der Waals surface area contributed by atoms with Crippen LogP contribution in [-0.2, 0) is 25.3 Å². The Labute approximate surface area is 187 Å². The van der Waals surface area contributed by atoms with Crippen molar-refractivity contribution >= 4 is 11.0 Å². The topological polar surface area (TPSA) is 81.6 Å². The number of aromatic nitrogens is 6. The van der Waals surface area contributed by atoms with E-state index in [4.69, 9.17) is 0 Å². The van der Waals surface area contributed by atoms with Crippen LogP contribution in [0, 0.1) is 6.92 Å². The second-order valence-electron chi connectivity index (χ2n) is 8.14. The number of rotatable bonds is 2. The predicted octanol–water partition coefficient (Wildman–Crippen LogP) is 4.93. The van der Waals surface area contributed by atoms with E-state index in [1.807, 2.05) is 0 Å². The number of halogens is 6. The standard InChI is InChI=1S/C21H16F6N6O/c1-10-6-12(20(22,23)24)7-15(34)17(10)14-4-2-11-8-33(31-18(11)28-14)13-3-5-16-29-30-19(21(25,26)27)32(16)9-13/h2,4,6-8,13,34H,3,5,9H2,1H3. The van der Waals surface area contributed by atoms with Crippen LogP contribution in [0.5, 0.6) is 5.75 Å². The van der Waals surface area contributed by atoms with E-state index in [2.05, 4.69) is 20.3 Å². The number of pyridine rings is 1. The molecule has 0 saturated heterocycles. The fourth-order valence-corrected chi connectivity index (χ4v) is 4.25. The van der Waals surface area contributed by atoms with Gasteiger partial charge in [-0.15, -0.1) is 10.2 Å². The summed E-state index contributed by atoms with van der Waals surface area (Å²) in [7, 11) is 0. The number of phenolic OH excluding ortho intramolecular Hbond substituents is 1. The van der Waals surface area contributed by atoms with Crippen molar-refractivity contribution in [3.8, 4) is 17.0 Å². The molecule has 1 N–H and O–H groups in total. The maximum absolute atomic E-state index is 13.2. The summed E-state index contributed by atoms with van der Waals surface area (Å²) in [4.78, 5) is 4.38. The summed E-state index contributed by atoms with van der Waals surface area (Å²) in [5.41, 5.74) is -0.162. The maximum Gasteiger partial charge on any atom is 0.451 e. The number of hydrogen-bond donors (Lipinski definition) is 1. The third kappa shape index (κ3) is 3.74. The van der Waals surface area contributed by atoms with Gasteiger partial charge in [-0.2, -0.15) is 31.4 Å². The largest absolute Gasteiger partial charge is 0.507 e. The summed E-state index contributed by atoms with van der Waals surface area (Å²) >= 11 is 0. The molecule has 4 aromatic rings. The molecule has 1 aliphatic heterocycles. The number of fused-ring (bicyclic) bond motifs is 2. The molecule has 178 valence electrons. The molecule has 3 aromatic heterocycles. The molecule has 0 amide bonds. The van der Waals surface area contributed by atoms with Crippen molar-refractivity contribution in [1.82, 2.24) is 29.5 Å². The van der Waals surface area contributed by atoms with Gasteiger partial charge in [0.2, 0.25) is 5.82 Å². The Hall–Kier alpha value is -3.64. The smallest absolute Gasteiger partial charge is 0.451 e. The first-order valence-electron chi connectivity index (χ1n) is 10.2. The number of nitrogens with zero attached hydrogens (tertiary/aromatic N) is 6. The summed E-state index contributed by atoms with van der Waals surface area (Å²) in [6, 6.07) is 4.36. The van der Waals surface area contributed by atoms with Crippen molar-refractivity contribution in [2.24, 2.45) is 0 Å². The predicted molar refractivity (Wildman–Crippen MR) is 107 cm³/mol. The van der Waals surface area contributed by atoms with Crippen LogP contribution in [0.25, 0.3) is 22.3 Å². The highest BCUT2D eigenvalue weighted by Crippen LogP contribution is 2.39. The lowest BCUT2D eigenvalue weighted by atomic mass is 10.00. The first-order valence-corrected chi connectivity index (χ1v) is 10.2. The molecular formula is C21H16F6N6O. The Morgan fingerprint density at radius 3 is 2.47 bits per heavy atom. The second-order valence-corrected chi connectivity index (χ2v) is 8.14. The van der Waals surface area contributed by atoms with Gasteiger partial charge < -0.3 is 9.67 Å². The van der Waals surface area contributed by atoms with Crippen molar-refractivity contribution < 1.29 is 31.4 Å². The van der Waals surface area contributed by atoms with Crippen LogP contribution < -0.4 is 0 Å². The molecule has 1 atom stereocenters. The second kappa shape index (κ2) is 7.43. The van der Waals surface area contributed by atoms with E-state index in [9.17, 15) is 31.4 Å². The lowest BCUT2D eigenvalue weighted by Crippen LogP contribution is -2.27. The number of alkyl halides is 6. The van der Waals surface area contributed by atoms with E-state index >= 15 is 0 Å². The number of aryl methyl sites for hydroxylation is 2. The molecule has 0 spiro atoms. The highest BCUT2D eigenvalue weighted by molar-refractivity contribution is 5.80. The Balaban J connectivity index is 1.49. The van der Waals surface area contributed by atoms with Crippen LogP contribution in [0.3, 0.4) is 0 Å². The molecule has 1 aromatic carbocycles. The zero-order chi connectivity index (χ0) is 24.4. The first-order chi connectivity index (χ1) is 15.9. The maximum atomic E-state index is 13.2. The van der Waals surface area contributed by atoms with Crippen molar-refractivity contribution in [1.29, 1.82) is 0 Å². The molecular weight excluding hydrogens is 466 g/mol. The van der Waals surface area contributed by atoms with Crippen LogP contribution in [0.4, 0.5) is 26.3 Å². The van der Waals surface area contributed by atoms with E-state index in [1.165, 1.54) is 11.6 Å². The number of aromatic hydroxyl groups is 1. The fraction of sp³-hybridized carbons (Fsp3) is 0.333. The van der Waals surface area contributed by atoms with E-state index in [-0.39, 0.29) is 34.8 Å². The van der Waals surface area contributed by atoms with Crippen LogP contribution in [0.15, 0.2) is 30.5 Å². The molecule has 0 aliphatic carbocycles. The minimum Gasteiger partial charge on any atom is -0.507 e. The van der Waals surface area contributed by atoms with E-state index < -0.39 is 35.5 Å². The summed E-state index contributed by atoms with van der Waals surface area (Å²) in [5, 5.41) is 22.2. The summed E-state index contributed by atoms with van der Waals surface area (Å²) in [5.74, 6) is -1.36.